The molecule has 0 fully saturated rings. The van der Waals surface area contributed by atoms with Gasteiger partial charge >= 0.3 is 0 Å². The Morgan fingerprint density at radius 2 is 0.772 bits per heavy atom. The number of anilines is 3. The van der Waals surface area contributed by atoms with Crippen molar-refractivity contribution in [2.75, 3.05) is 4.90 Å². The minimum atomic E-state index is 0.248. The number of fused-ring (bicyclic) bond motifs is 6. The summed E-state index contributed by atoms with van der Waals surface area (Å²) in [6, 6.07) is 80.1. The fourth-order valence-corrected chi connectivity index (χ4v) is 9.85. The van der Waals surface area contributed by atoms with Crippen LogP contribution in [0.25, 0.3) is 64.7 Å². The number of thiophene rings is 1. The van der Waals surface area contributed by atoms with E-state index < -0.39 is 0 Å². The fraction of sp³-hybridized carbons (Fsp3) is 0.0182. The van der Waals surface area contributed by atoms with Crippen molar-refractivity contribution in [3.63, 3.8) is 0 Å². The summed E-state index contributed by atoms with van der Waals surface area (Å²) in [5, 5.41) is 2.57. The van der Waals surface area contributed by atoms with Crippen LogP contribution in [0.3, 0.4) is 0 Å². The molecule has 1 aromatic heterocycles. The van der Waals surface area contributed by atoms with Crippen LogP contribution in [0.1, 0.15) is 22.6 Å². The zero-order valence-corrected chi connectivity index (χ0v) is 32.0. The lowest BCUT2D eigenvalue weighted by Gasteiger charge is -2.26. The summed E-state index contributed by atoms with van der Waals surface area (Å²) < 4.78 is 2.60. The Kier molecular flexibility index (Phi) is 8.15. The van der Waals surface area contributed by atoms with Gasteiger partial charge in [-0.3, -0.25) is 0 Å². The van der Waals surface area contributed by atoms with Gasteiger partial charge in [-0.1, -0.05) is 158 Å². The van der Waals surface area contributed by atoms with Crippen molar-refractivity contribution in [3.05, 3.63) is 235 Å². The van der Waals surface area contributed by atoms with Gasteiger partial charge in [-0.15, -0.1) is 11.3 Å². The molecule has 0 bridgehead atoms. The molecule has 268 valence electrons. The molecule has 0 aliphatic heterocycles. The zero-order chi connectivity index (χ0) is 37.7. The van der Waals surface area contributed by atoms with E-state index in [0.717, 1.165) is 17.1 Å². The van der Waals surface area contributed by atoms with E-state index in [1.54, 1.807) is 0 Å². The summed E-state index contributed by atoms with van der Waals surface area (Å²) in [4.78, 5) is 2.39. The molecule has 1 nitrogen and oxygen atoms in total. The van der Waals surface area contributed by atoms with Gasteiger partial charge in [0.15, 0.2) is 0 Å². The van der Waals surface area contributed by atoms with E-state index >= 15 is 0 Å². The lowest BCUT2D eigenvalue weighted by Crippen LogP contribution is -2.09. The summed E-state index contributed by atoms with van der Waals surface area (Å²) in [5.74, 6) is 0.248. The molecule has 2 heteroatoms. The predicted octanol–water partition coefficient (Wildman–Crippen LogP) is 15.7. The van der Waals surface area contributed by atoms with Crippen LogP contribution >= 0.6 is 11.3 Å². The average Bonchev–Trinajstić information content (AvgIpc) is 3.82. The molecule has 0 radical (unpaired) electrons. The monoisotopic (exact) mass is 743 g/mol. The maximum absolute atomic E-state index is 2.39. The summed E-state index contributed by atoms with van der Waals surface area (Å²) in [5.41, 5.74) is 17.4. The first-order chi connectivity index (χ1) is 28.2. The molecule has 0 amide bonds. The van der Waals surface area contributed by atoms with E-state index in [2.05, 4.69) is 223 Å². The Bertz CT molecular complexity index is 3040. The van der Waals surface area contributed by atoms with Crippen molar-refractivity contribution in [2.45, 2.75) is 5.92 Å². The fourth-order valence-electron chi connectivity index (χ4n) is 8.79. The Balaban J connectivity index is 1.000. The van der Waals surface area contributed by atoms with Gasteiger partial charge in [-0.2, -0.15) is 0 Å². The van der Waals surface area contributed by atoms with Gasteiger partial charge in [0.25, 0.3) is 0 Å². The van der Waals surface area contributed by atoms with Gasteiger partial charge in [-0.25, -0.2) is 0 Å². The molecule has 57 heavy (non-hydrogen) atoms. The summed E-state index contributed by atoms with van der Waals surface area (Å²) in [7, 11) is 0. The minimum absolute atomic E-state index is 0.248. The third-order valence-electron chi connectivity index (χ3n) is 11.6. The highest BCUT2D eigenvalue weighted by Crippen LogP contribution is 2.49. The van der Waals surface area contributed by atoms with Crippen LogP contribution in [0, 0.1) is 0 Å². The van der Waals surface area contributed by atoms with Gasteiger partial charge in [-0.05, 0) is 122 Å². The Hall–Kier alpha value is -7.00. The number of hydrogen-bond donors (Lipinski definition) is 0. The quantitative estimate of drug-likeness (QED) is 0.157. The number of hydrogen-bond acceptors (Lipinski definition) is 2. The number of rotatable bonds is 7. The lowest BCUT2D eigenvalue weighted by molar-refractivity contribution is 1.02. The normalized spacial score (nSPS) is 13.1. The highest BCUT2D eigenvalue weighted by molar-refractivity contribution is 7.25. The highest BCUT2D eigenvalue weighted by atomic mass is 32.1. The lowest BCUT2D eigenvalue weighted by atomic mass is 9.89. The molecule has 1 atom stereocenters. The summed E-state index contributed by atoms with van der Waals surface area (Å²) in [6.07, 6.45) is 0. The first-order valence-electron chi connectivity index (χ1n) is 19.6. The van der Waals surface area contributed by atoms with E-state index in [1.807, 2.05) is 11.3 Å². The first-order valence-corrected chi connectivity index (χ1v) is 20.4. The zero-order valence-electron chi connectivity index (χ0n) is 31.2. The predicted molar refractivity (Wildman–Crippen MR) is 243 cm³/mol. The summed E-state index contributed by atoms with van der Waals surface area (Å²) >= 11 is 1.86. The largest absolute Gasteiger partial charge is 0.310 e. The third-order valence-corrected chi connectivity index (χ3v) is 12.7. The van der Waals surface area contributed by atoms with E-state index in [-0.39, 0.29) is 5.92 Å². The van der Waals surface area contributed by atoms with Gasteiger partial charge in [0.1, 0.15) is 0 Å². The standard InChI is InChI=1S/C55H37NS/c1-4-12-37(13-5-1)39-20-26-44(27-21-39)56(46-30-33-54-52(36-46)51-35-43(25-32-53(51)57-54)38-14-6-2-7-15-38)45-28-22-40(23-29-45)42-24-31-49-50(34-42)47-18-10-11-19-48(47)55(49)41-16-8-3-9-17-41/h1-36,55H. The Labute approximate surface area is 337 Å². The van der Waals surface area contributed by atoms with E-state index in [0.29, 0.717) is 0 Å². The second-order valence-corrected chi connectivity index (χ2v) is 16.0. The molecule has 1 heterocycles. The SMILES string of the molecule is c1ccc(-c2ccc(N(c3ccc(-c4ccc5c(c4)-c4ccccc4C5c4ccccc4)cc3)c3ccc4sc5ccc(-c6ccccc6)cc5c4c3)cc2)cc1. The van der Waals surface area contributed by atoms with Gasteiger partial charge in [0.2, 0.25) is 0 Å². The van der Waals surface area contributed by atoms with E-state index in [1.165, 1.54) is 81.4 Å². The molecular weight excluding hydrogens is 707 g/mol. The van der Waals surface area contributed by atoms with Crippen LogP contribution in [0.5, 0.6) is 0 Å². The van der Waals surface area contributed by atoms with Crippen molar-refractivity contribution < 1.29 is 0 Å². The van der Waals surface area contributed by atoms with E-state index in [9.17, 15) is 0 Å². The molecule has 0 saturated carbocycles. The second kappa shape index (κ2) is 13.9. The number of nitrogens with zero attached hydrogens (tertiary/aromatic N) is 1. The van der Waals surface area contributed by atoms with Gasteiger partial charge < -0.3 is 4.90 Å². The molecule has 1 aliphatic rings. The smallest absolute Gasteiger partial charge is 0.0468 e. The Morgan fingerprint density at radius 1 is 0.316 bits per heavy atom. The molecule has 1 aliphatic carbocycles. The van der Waals surface area contributed by atoms with Gasteiger partial charge in [0.05, 0.1) is 0 Å². The van der Waals surface area contributed by atoms with E-state index in [4.69, 9.17) is 0 Å². The molecule has 1 unspecified atom stereocenters. The van der Waals surface area contributed by atoms with Gasteiger partial charge in [0, 0.05) is 43.2 Å². The van der Waals surface area contributed by atoms with Crippen LogP contribution in [-0.4, -0.2) is 0 Å². The van der Waals surface area contributed by atoms with Crippen LogP contribution in [0.4, 0.5) is 17.1 Å². The molecule has 0 saturated heterocycles. The van der Waals surface area contributed by atoms with Crippen molar-refractivity contribution in [1.82, 2.24) is 0 Å². The molecule has 0 N–H and O–H groups in total. The van der Waals surface area contributed by atoms with Crippen molar-refractivity contribution in [2.24, 2.45) is 0 Å². The Morgan fingerprint density at radius 3 is 1.46 bits per heavy atom. The molecule has 10 aromatic rings. The molecule has 9 aromatic carbocycles. The van der Waals surface area contributed by atoms with Crippen LogP contribution in [0.2, 0.25) is 0 Å². The van der Waals surface area contributed by atoms with Crippen LogP contribution < -0.4 is 4.90 Å². The summed E-state index contributed by atoms with van der Waals surface area (Å²) in [6.45, 7) is 0. The molecular formula is C55H37NS. The van der Waals surface area contributed by atoms with Crippen LogP contribution in [0.15, 0.2) is 218 Å². The molecule has 0 spiro atoms. The van der Waals surface area contributed by atoms with Crippen molar-refractivity contribution in [3.8, 4) is 44.5 Å². The average molecular weight is 744 g/mol. The maximum Gasteiger partial charge on any atom is 0.0468 e. The third kappa shape index (κ3) is 5.94. The van der Waals surface area contributed by atoms with Crippen LogP contribution in [-0.2, 0) is 0 Å². The highest BCUT2D eigenvalue weighted by Gasteiger charge is 2.30. The maximum atomic E-state index is 2.39. The molecule has 11 rings (SSSR count). The topological polar surface area (TPSA) is 3.24 Å². The first kappa shape index (κ1) is 33.3. The van der Waals surface area contributed by atoms with Crippen molar-refractivity contribution in [1.29, 1.82) is 0 Å². The number of benzene rings is 9. The second-order valence-electron chi connectivity index (χ2n) is 14.9. The van der Waals surface area contributed by atoms with Crippen molar-refractivity contribution >= 4 is 48.6 Å². The minimum Gasteiger partial charge on any atom is -0.310 e.